The molecule has 0 radical (unpaired) electrons. The molecule has 2 saturated heterocycles. The highest BCUT2D eigenvalue weighted by atomic mass is 15.3. The van der Waals surface area contributed by atoms with Gasteiger partial charge in [0, 0.05) is 45.3 Å². The largest absolute Gasteiger partial charge is 0.314 e. The fourth-order valence-corrected chi connectivity index (χ4v) is 4.41. The second-order valence-electron chi connectivity index (χ2n) is 7.13. The van der Waals surface area contributed by atoms with Crippen molar-refractivity contribution in [3.05, 3.63) is 0 Å². The molecule has 2 heterocycles. The molecule has 110 valence electrons. The molecule has 0 aromatic rings. The van der Waals surface area contributed by atoms with Crippen LogP contribution < -0.4 is 5.32 Å². The molecule has 2 aliphatic heterocycles. The van der Waals surface area contributed by atoms with Gasteiger partial charge in [0.15, 0.2) is 0 Å². The van der Waals surface area contributed by atoms with Crippen molar-refractivity contribution in [3.8, 4) is 0 Å². The van der Waals surface area contributed by atoms with Gasteiger partial charge in [-0.25, -0.2) is 0 Å². The highest BCUT2D eigenvalue weighted by molar-refractivity contribution is 4.87. The lowest BCUT2D eigenvalue weighted by Gasteiger charge is -2.33. The summed E-state index contributed by atoms with van der Waals surface area (Å²) in [7, 11) is 0. The summed E-state index contributed by atoms with van der Waals surface area (Å²) in [5.74, 6) is 1.97. The van der Waals surface area contributed by atoms with Crippen molar-refractivity contribution in [3.63, 3.8) is 0 Å². The Kier molecular flexibility index (Phi) is 4.78. The molecule has 3 atom stereocenters. The Morgan fingerprint density at radius 3 is 2.68 bits per heavy atom. The molecule has 0 bridgehead atoms. The van der Waals surface area contributed by atoms with Crippen molar-refractivity contribution in [2.75, 3.05) is 45.8 Å². The second-order valence-corrected chi connectivity index (χ2v) is 7.13. The molecule has 0 amide bonds. The molecule has 0 spiro atoms. The van der Waals surface area contributed by atoms with Gasteiger partial charge < -0.3 is 10.2 Å². The molecule has 3 rings (SSSR count). The lowest BCUT2D eigenvalue weighted by atomic mass is 9.82. The number of nitrogens with zero attached hydrogens (tertiary/aromatic N) is 2. The fourth-order valence-electron chi connectivity index (χ4n) is 4.41. The fraction of sp³-hybridized carbons (Fsp3) is 1.00. The van der Waals surface area contributed by atoms with Crippen molar-refractivity contribution in [2.45, 2.75) is 45.1 Å². The van der Waals surface area contributed by atoms with E-state index in [2.05, 4.69) is 22.0 Å². The van der Waals surface area contributed by atoms with Crippen LogP contribution in [0.2, 0.25) is 0 Å². The quantitative estimate of drug-likeness (QED) is 0.839. The predicted octanol–water partition coefficient (Wildman–Crippen LogP) is 1.79. The van der Waals surface area contributed by atoms with Crippen molar-refractivity contribution < 1.29 is 0 Å². The van der Waals surface area contributed by atoms with Crippen molar-refractivity contribution in [1.29, 1.82) is 0 Å². The zero-order valence-corrected chi connectivity index (χ0v) is 12.6. The Hall–Kier alpha value is -0.120. The highest BCUT2D eigenvalue weighted by Crippen LogP contribution is 2.30. The van der Waals surface area contributed by atoms with Crippen LogP contribution in [0.5, 0.6) is 0 Å². The zero-order chi connectivity index (χ0) is 13.1. The van der Waals surface area contributed by atoms with Gasteiger partial charge in [-0.1, -0.05) is 19.8 Å². The SMILES string of the molecule is CC1CCCC(CN2CCC(N3CCNCC3)C2)C1. The minimum absolute atomic E-state index is 0.850. The van der Waals surface area contributed by atoms with Gasteiger partial charge in [0.1, 0.15) is 0 Å². The summed E-state index contributed by atoms with van der Waals surface area (Å²) in [6.07, 6.45) is 7.32. The number of hydrogen-bond donors (Lipinski definition) is 1. The Labute approximate surface area is 118 Å². The first-order valence-electron chi connectivity index (χ1n) is 8.48. The van der Waals surface area contributed by atoms with Crippen LogP contribution >= 0.6 is 0 Å². The Balaban J connectivity index is 1.43. The summed E-state index contributed by atoms with van der Waals surface area (Å²) in [5.41, 5.74) is 0. The smallest absolute Gasteiger partial charge is 0.0236 e. The van der Waals surface area contributed by atoms with Crippen LogP contribution in [-0.4, -0.2) is 61.7 Å². The lowest BCUT2D eigenvalue weighted by molar-refractivity contribution is 0.158. The maximum atomic E-state index is 3.46. The number of nitrogens with one attached hydrogen (secondary N) is 1. The average molecular weight is 265 g/mol. The van der Waals surface area contributed by atoms with Gasteiger partial charge in [-0.15, -0.1) is 0 Å². The van der Waals surface area contributed by atoms with Crippen LogP contribution in [-0.2, 0) is 0 Å². The van der Waals surface area contributed by atoms with Crippen molar-refractivity contribution in [1.82, 2.24) is 15.1 Å². The lowest BCUT2D eigenvalue weighted by Crippen LogP contribution is -2.49. The number of rotatable bonds is 3. The molecule has 0 aromatic carbocycles. The maximum Gasteiger partial charge on any atom is 0.0236 e. The van der Waals surface area contributed by atoms with Crippen LogP contribution in [0, 0.1) is 11.8 Å². The second kappa shape index (κ2) is 6.55. The molecule has 3 unspecified atom stereocenters. The van der Waals surface area contributed by atoms with Crippen LogP contribution in [0.1, 0.15) is 39.0 Å². The number of likely N-dealkylation sites (tertiary alicyclic amines) is 1. The topological polar surface area (TPSA) is 18.5 Å². The molecule has 0 aromatic heterocycles. The molecule has 1 saturated carbocycles. The third-order valence-electron chi connectivity index (χ3n) is 5.48. The predicted molar refractivity (Wildman–Crippen MR) is 80.4 cm³/mol. The summed E-state index contributed by atoms with van der Waals surface area (Å²) < 4.78 is 0. The van der Waals surface area contributed by atoms with Crippen LogP contribution in [0.25, 0.3) is 0 Å². The highest BCUT2D eigenvalue weighted by Gasteiger charge is 2.30. The summed E-state index contributed by atoms with van der Waals surface area (Å²) >= 11 is 0. The zero-order valence-electron chi connectivity index (χ0n) is 12.6. The van der Waals surface area contributed by atoms with Crippen molar-refractivity contribution >= 4 is 0 Å². The number of hydrogen-bond acceptors (Lipinski definition) is 3. The minimum atomic E-state index is 0.850. The Morgan fingerprint density at radius 1 is 1.05 bits per heavy atom. The van der Waals surface area contributed by atoms with Gasteiger partial charge in [-0.3, -0.25) is 4.90 Å². The third-order valence-corrected chi connectivity index (χ3v) is 5.48. The third kappa shape index (κ3) is 3.71. The molecule has 3 aliphatic rings. The van der Waals surface area contributed by atoms with E-state index in [1.54, 1.807) is 0 Å². The van der Waals surface area contributed by atoms with Crippen LogP contribution in [0.3, 0.4) is 0 Å². The van der Waals surface area contributed by atoms with E-state index >= 15 is 0 Å². The summed E-state index contributed by atoms with van der Waals surface area (Å²) in [6, 6.07) is 0.850. The van der Waals surface area contributed by atoms with E-state index in [9.17, 15) is 0 Å². The molecular formula is C16H31N3. The van der Waals surface area contributed by atoms with Crippen LogP contribution in [0.4, 0.5) is 0 Å². The van der Waals surface area contributed by atoms with Gasteiger partial charge in [0.05, 0.1) is 0 Å². The van der Waals surface area contributed by atoms with Gasteiger partial charge in [-0.05, 0) is 37.6 Å². The minimum Gasteiger partial charge on any atom is -0.314 e. The monoisotopic (exact) mass is 265 g/mol. The number of piperazine rings is 1. The first-order valence-corrected chi connectivity index (χ1v) is 8.48. The molecule has 3 nitrogen and oxygen atoms in total. The van der Waals surface area contributed by atoms with Gasteiger partial charge in [0.25, 0.3) is 0 Å². The molecule has 19 heavy (non-hydrogen) atoms. The molecule has 1 N–H and O–H groups in total. The molecular weight excluding hydrogens is 234 g/mol. The standard InChI is InChI=1S/C16H31N3/c1-14-3-2-4-15(11-14)12-18-8-5-16(13-18)19-9-6-17-7-10-19/h14-17H,2-13H2,1H3. The summed E-state index contributed by atoms with van der Waals surface area (Å²) in [4.78, 5) is 5.48. The Bertz CT molecular complexity index is 275. The first kappa shape index (κ1) is 13.8. The van der Waals surface area contributed by atoms with E-state index < -0.39 is 0 Å². The van der Waals surface area contributed by atoms with Gasteiger partial charge in [-0.2, -0.15) is 0 Å². The van der Waals surface area contributed by atoms with E-state index in [4.69, 9.17) is 0 Å². The molecule has 3 heteroatoms. The maximum absolute atomic E-state index is 3.46. The normalized spacial score (nSPS) is 38.7. The van der Waals surface area contributed by atoms with Gasteiger partial charge in [0.2, 0.25) is 0 Å². The van der Waals surface area contributed by atoms with Crippen molar-refractivity contribution in [2.24, 2.45) is 11.8 Å². The van der Waals surface area contributed by atoms with E-state index in [0.29, 0.717) is 0 Å². The first-order chi connectivity index (χ1) is 9.31. The van der Waals surface area contributed by atoms with Crippen LogP contribution in [0.15, 0.2) is 0 Å². The van der Waals surface area contributed by atoms with E-state index in [1.807, 2.05) is 0 Å². The van der Waals surface area contributed by atoms with E-state index in [0.717, 1.165) is 17.9 Å². The summed E-state index contributed by atoms with van der Waals surface area (Å²) in [5, 5.41) is 3.46. The molecule has 1 aliphatic carbocycles. The average Bonchev–Trinajstić information content (AvgIpc) is 2.88. The van der Waals surface area contributed by atoms with E-state index in [1.165, 1.54) is 77.9 Å². The Morgan fingerprint density at radius 2 is 1.89 bits per heavy atom. The summed E-state index contributed by atoms with van der Waals surface area (Å²) in [6.45, 7) is 11.4. The molecule has 3 fully saturated rings. The van der Waals surface area contributed by atoms with Gasteiger partial charge >= 0.3 is 0 Å². The van der Waals surface area contributed by atoms with E-state index in [-0.39, 0.29) is 0 Å².